The van der Waals surface area contributed by atoms with Gasteiger partial charge < -0.3 is 0 Å². The summed E-state index contributed by atoms with van der Waals surface area (Å²) in [6, 6.07) is 7.37. The largest absolute Gasteiger partial charge is 0.291 e. The number of nitrogens with zero attached hydrogens (tertiary/aromatic N) is 1. The van der Waals surface area contributed by atoms with Crippen molar-refractivity contribution in [3.63, 3.8) is 0 Å². The number of hydrogen-bond donors (Lipinski definition) is 0. The molecule has 1 aromatic rings. The van der Waals surface area contributed by atoms with Crippen LogP contribution in [0.2, 0.25) is 0 Å². The Hall–Kier alpha value is -1.51. The quantitative estimate of drug-likeness (QED) is 0.679. The molecule has 3 nitrogen and oxygen atoms in total. The fourth-order valence-corrected chi connectivity index (χ4v) is 2.29. The molecule has 1 aliphatic rings. The number of carbonyl (C=O) groups excluding carboxylic acids is 1. The minimum Gasteiger partial charge on any atom is -0.291 e. The predicted molar refractivity (Wildman–Crippen MR) is 62.5 cm³/mol. The zero-order chi connectivity index (χ0) is 12.0. The molecule has 2 rings (SSSR count). The van der Waals surface area contributed by atoms with Crippen molar-refractivity contribution in [1.82, 2.24) is 0 Å². The summed E-state index contributed by atoms with van der Waals surface area (Å²) in [7, 11) is 0. The second kappa shape index (κ2) is 3.24. The molecule has 1 atom stereocenters. The maximum atomic E-state index is 12.3. The third-order valence-corrected chi connectivity index (χ3v) is 3.48. The first-order valence-corrected chi connectivity index (χ1v) is 5.39. The van der Waals surface area contributed by atoms with Crippen molar-refractivity contribution in [2.45, 2.75) is 32.7 Å². The molecule has 0 saturated carbocycles. The molecule has 0 fully saturated rings. The lowest BCUT2D eigenvalue weighted by Crippen LogP contribution is -2.46. The molecule has 0 amide bonds. The van der Waals surface area contributed by atoms with Gasteiger partial charge >= 0.3 is 0 Å². The Morgan fingerprint density at radius 2 is 1.88 bits per heavy atom. The minimum atomic E-state index is -1.13. The molecule has 0 spiro atoms. The third-order valence-electron chi connectivity index (χ3n) is 3.48. The molecule has 0 radical (unpaired) electrons. The maximum Gasteiger partial charge on any atom is 0.195 e. The second-order valence-electron chi connectivity index (χ2n) is 5.36. The summed E-state index contributed by atoms with van der Waals surface area (Å²) in [6.45, 7) is 5.66. The smallest absolute Gasteiger partial charge is 0.195 e. The highest BCUT2D eigenvalue weighted by Gasteiger charge is 2.55. The van der Waals surface area contributed by atoms with Crippen molar-refractivity contribution < 1.29 is 4.79 Å². The molecular weight excluding hydrogens is 202 g/mol. The first kappa shape index (κ1) is 11.0. The third kappa shape index (κ3) is 1.24. The molecule has 0 N–H and O–H groups in total. The SMILES string of the molecule is CC(C)(C)C1(N=O)Cc2ccccc2C1=O. The van der Waals surface area contributed by atoms with Crippen molar-refractivity contribution in [1.29, 1.82) is 0 Å². The van der Waals surface area contributed by atoms with Gasteiger partial charge in [-0.1, -0.05) is 50.2 Å². The van der Waals surface area contributed by atoms with Gasteiger partial charge in [0.2, 0.25) is 0 Å². The number of hydrogen-bond acceptors (Lipinski definition) is 3. The molecule has 0 heterocycles. The number of benzene rings is 1. The zero-order valence-corrected chi connectivity index (χ0v) is 9.78. The summed E-state index contributed by atoms with van der Waals surface area (Å²) in [5.74, 6) is -0.134. The first-order valence-electron chi connectivity index (χ1n) is 5.39. The molecule has 1 aromatic carbocycles. The van der Waals surface area contributed by atoms with E-state index in [9.17, 15) is 9.70 Å². The van der Waals surface area contributed by atoms with E-state index in [0.717, 1.165) is 5.56 Å². The van der Waals surface area contributed by atoms with Crippen LogP contribution in [0, 0.1) is 10.3 Å². The summed E-state index contributed by atoms with van der Waals surface area (Å²) in [4.78, 5) is 23.5. The van der Waals surface area contributed by atoms with E-state index in [-0.39, 0.29) is 5.78 Å². The van der Waals surface area contributed by atoms with Gasteiger partial charge in [-0.15, -0.1) is 4.91 Å². The Morgan fingerprint density at radius 3 is 2.38 bits per heavy atom. The van der Waals surface area contributed by atoms with Crippen LogP contribution in [-0.2, 0) is 6.42 Å². The summed E-state index contributed by atoms with van der Waals surface area (Å²) < 4.78 is 0. The first-order chi connectivity index (χ1) is 7.42. The van der Waals surface area contributed by atoms with Crippen LogP contribution in [0.4, 0.5) is 0 Å². The maximum absolute atomic E-state index is 12.3. The Kier molecular flexibility index (Phi) is 2.22. The van der Waals surface area contributed by atoms with Gasteiger partial charge in [-0.2, -0.15) is 0 Å². The number of nitroso groups, excluding NO2 is 1. The van der Waals surface area contributed by atoms with Crippen molar-refractivity contribution in [3.05, 3.63) is 40.3 Å². The highest BCUT2D eigenvalue weighted by Crippen LogP contribution is 2.44. The molecule has 16 heavy (non-hydrogen) atoms. The van der Waals surface area contributed by atoms with E-state index in [1.54, 1.807) is 6.07 Å². The Labute approximate surface area is 94.8 Å². The Bertz CT molecular complexity index is 459. The molecule has 84 valence electrons. The van der Waals surface area contributed by atoms with E-state index in [1.165, 1.54) is 0 Å². The van der Waals surface area contributed by atoms with Gasteiger partial charge in [0.15, 0.2) is 11.3 Å². The zero-order valence-electron chi connectivity index (χ0n) is 9.78. The van der Waals surface area contributed by atoms with Crippen molar-refractivity contribution >= 4 is 5.78 Å². The number of rotatable bonds is 1. The normalized spacial score (nSPS) is 24.3. The molecule has 0 aromatic heterocycles. The summed E-state index contributed by atoms with van der Waals surface area (Å²) >= 11 is 0. The van der Waals surface area contributed by atoms with Gasteiger partial charge in [0.25, 0.3) is 0 Å². The minimum absolute atomic E-state index is 0.134. The van der Waals surface area contributed by atoms with E-state index in [1.807, 2.05) is 39.0 Å². The Morgan fingerprint density at radius 1 is 1.25 bits per heavy atom. The van der Waals surface area contributed by atoms with Gasteiger partial charge in [-0.25, -0.2) is 0 Å². The predicted octanol–water partition coefficient (Wildman–Crippen LogP) is 2.98. The van der Waals surface area contributed by atoms with Crippen LogP contribution < -0.4 is 0 Å². The van der Waals surface area contributed by atoms with Crippen molar-refractivity contribution in [2.75, 3.05) is 0 Å². The number of fused-ring (bicyclic) bond motifs is 1. The molecule has 3 heteroatoms. The van der Waals surface area contributed by atoms with Crippen LogP contribution in [0.15, 0.2) is 29.4 Å². The monoisotopic (exact) mass is 217 g/mol. The highest BCUT2D eigenvalue weighted by molar-refractivity contribution is 6.08. The average molecular weight is 217 g/mol. The molecule has 0 saturated heterocycles. The van der Waals surface area contributed by atoms with Crippen LogP contribution >= 0.6 is 0 Å². The van der Waals surface area contributed by atoms with Crippen LogP contribution in [0.1, 0.15) is 36.7 Å². The van der Waals surface area contributed by atoms with E-state index in [2.05, 4.69) is 5.18 Å². The average Bonchev–Trinajstić information content (AvgIpc) is 2.53. The second-order valence-corrected chi connectivity index (χ2v) is 5.36. The van der Waals surface area contributed by atoms with Gasteiger partial charge in [-0.05, 0) is 11.0 Å². The van der Waals surface area contributed by atoms with E-state index in [4.69, 9.17) is 0 Å². The summed E-state index contributed by atoms with van der Waals surface area (Å²) in [6.07, 6.45) is 0.426. The van der Waals surface area contributed by atoms with Crippen LogP contribution in [0.3, 0.4) is 0 Å². The standard InChI is InChI=1S/C13H15NO2/c1-12(2,3)13(14-16)8-9-6-4-5-7-10(9)11(13)15/h4-7H,8H2,1-3H3. The fourth-order valence-electron chi connectivity index (χ4n) is 2.29. The molecule has 0 bridgehead atoms. The van der Waals surface area contributed by atoms with Gasteiger partial charge in [-0.3, -0.25) is 4.79 Å². The number of carbonyl (C=O) groups is 1. The van der Waals surface area contributed by atoms with Crippen LogP contribution in [0.5, 0.6) is 0 Å². The topological polar surface area (TPSA) is 46.5 Å². The lowest BCUT2D eigenvalue weighted by atomic mass is 9.71. The van der Waals surface area contributed by atoms with Gasteiger partial charge in [0.1, 0.15) is 0 Å². The number of ketones is 1. The molecular formula is C13H15NO2. The number of Topliss-reactive ketones (excluding diaryl/α,β-unsaturated/α-hetero) is 1. The van der Waals surface area contributed by atoms with E-state index >= 15 is 0 Å². The lowest BCUT2D eigenvalue weighted by molar-refractivity contribution is 0.0781. The van der Waals surface area contributed by atoms with E-state index in [0.29, 0.717) is 12.0 Å². The summed E-state index contributed by atoms with van der Waals surface area (Å²) in [5.41, 5.74) is 0.000648. The summed E-state index contributed by atoms with van der Waals surface area (Å²) in [5, 5.41) is 3.19. The lowest BCUT2D eigenvalue weighted by Gasteiger charge is -2.33. The van der Waals surface area contributed by atoms with E-state index < -0.39 is 11.0 Å². The van der Waals surface area contributed by atoms with Crippen molar-refractivity contribution in [2.24, 2.45) is 10.6 Å². The molecule has 0 aliphatic heterocycles. The Balaban J connectivity index is 2.59. The van der Waals surface area contributed by atoms with Gasteiger partial charge in [0, 0.05) is 12.0 Å². The fraction of sp³-hybridized carbons (Fsp3) is 0.462. The highest BCUT2D eigenvalue weighted by atomic mass is 16.3. The van der Waals surface area contributed by atoms with Gasteiger partial charge in [0.05, 0.1) is 0 Å². The van der Waals surface area contributed by atoms with Crippen molar-refractivity contribution in [3.8, 4) is 0 Å². The van der Waals surface area contributed by atoms with Crippen LogP contribution in [-0.4, -0.2) is 11.3 Å². The van der Waals surface area contributed by atoms with Crippen LogP contribution in [0.25, 0.3) is 0 Å². The molecule has 1 aliphatic carbocycles. The molecule has 1 unspecified atom stereocenters.